The summed E-state index contributed by atoms with van der Waals surface area (Å²) in [5.41, 5.74) is 5.23. The van der Waals surface area contributed by atoms with Crippen molar-refractivity contribution in [2.75, 3.05) is 32.8 Å². The highest BCUT2D eigenvalue weighted by atomic mass is 16.5. The largest absolute Gasteiger partial charge is 0.494 e. The van der Waals surface area contributed by atoms with Crippen LogP contribution in [0.2, 0.25) is 0 Å². The molecule has 0 atom stereocenters. The second-order valence-electron chi connectivity index (χ2n) is 9.79. The van der Waals surface area contributed by atoms with Gasteiger partial charge in [-0.25, -0.2) is 0 Å². The molecule has 0 N–H and O–H groups in total. The van der Waals surface area contributed by atoms with Crippen LogP contribution >= 0.6 is 0 Å². The summed E-state index contributed by atoms with van der Waals surface area (Å²) in [5.74, 6) is 0.818. The lowest BCUT2D eigenvalue weighted by Gasteiger charge is -2.40. The zero-order valence-corrected chi connectivity index (χ0v) is 22.5. The van der Waals surface area contributed by atoms with Crippen LogP contribution in [-0.4, -0.2) is 48.5 Å². The highest BCUT2D eigenvalue weighted by molar-refractivity contribution is 5.94. The normalized spacial score (nSPS) is 13.9. The second kappa shape index (κ2) is 13.2. The van der Waals surface area contributed by atoms with Crippen molar-refractivity contribution in [1.29, 1.82) is 0 Å². The zero-order chi connectivity index (χ0) is 26.9. The van der Waals surface area contributed by atoms with Crippen LogP contribution in [-0.2, 0) is 18.0 Å². The summed E-state index contributed by atoms with van der Waals surface area (Å²) in [6.07, 6.45) is 0. The number of carbonyl (C=O) groups is 1. The van der Waals surface area contributed by atoms with E-state index >= 15 is 0 Å². The van der Waals surface area contributed by atoms with E-state index < -0.39 is 0 Å². The van der Waals surface area contributed by atoms with Gasteiger partial charge in [0.25, 0.3) is 5.91 Å². The van der Waals surface area contributed by atoms with Crippen LogP contribution in [0.5, 0.6) is 5.75 Å². The molecular weight excluding hydrogens is 484 g/mol. The molecule has 0 aromatic heterocycles. The molecule has 39 heavy (non-hydrogen) atoms. The monoisotopic (exact) mass is 520 g/mol. The number of hydrogen-bond acceptors (Lipinski definition) is 4. The van der Waals surface area contributed by atoms with E-state index in [0.717, 1.165) is 30.0 Å². The molecule has 0 bridgehead atoms. The Morgan fingerprint density at radius 1 is 0.744 bits per heavy atom. The second-order valence-corrected chi connectivity index (χ2v) is 9.79. The number of piperazine rings is 1. The van der Waals surface area contributed by atoms with Gasteiger partial charge in [0.05, 0.1) is 25.9 Å². The van der Waals surface area contributed by atoms with E-state index in [2.05, 4.69) is 65.6 Å². The maximum absolute atomic E-state index is 13.6. The lowest BCUT2D eigenvalue weighted by atomic mass is 9.96. The van der Waals surface area contributed by atoms with Crippen molar-refractivity contribution in [1.82, 2.24) is 9.80 Å². The Hall–Kier alpha value is -3.93. The Morgan fingerprint density at radius 2 is 1.33 bits per heavy atom. The predicted octanol–water partition coefficient (Wildman–Crippen LogP) is 6.35. The predicted molar refractivity (Wildman–Crippen MR) is 155 cm³/mol. The number of benzene rings is 4. The first-order valence-electron chi connectivity index (χ1n) is 13.7. The average Bonchev–Trinajstić information content (AvgIpc) is 3.00. The molecular formula is C34H36N2O3. The Balaban J connectivity index is 1.26. The Bertz CT molecular complexity index is 1280. The lowest BCUT2D eigenvalue weighted by molar-refractivity contribution is 0.0596. The molecule has 0 spiro atoms. The first-order valence-corrected chi connectivity index (χ1v) is 13.7. The van der Waals surface area contributed by atoms with E-state index in [-0.39, 0.29) is 11.9 Å². The van der Waals surface area contributed by atoms with Gasteiger partial charge in [-0.3, -0.25) is 9.69 Å². The third kappa shape index (κ3) is 6.75. The van der Waals surface area contributed by atoms with Gasteiger partial charge in [-0.1, -0.05) is 91.0 Å². The Labute approximate surface area is 231 Å². The summed E-state index contributed by atoms with van der Waals surface area (Å²) in [5, 5.41) is 0. The fourth-order valence-corrected chi connectivity index (χ4v) is 5.23. The van der Waals surface area contributed by atoms with Crippen molar-refractivity contribution in [2.24, 2.45) is 0 Å². The molecule has 5 heteroatoms. The van der Waals surface area contributed by atoms with Crippen LogP contribution in [0.3, 0.4) is 0 Å². The SMILES string of the molecule is CCOc1ccc(C(=O)N2CCN(C(c3ccccc3)c3ccccc3)CC2)cc1COCc1ccccc1. The Morgan fingerprint density at radius 3 is 1.92 bits per heavy atom. The number of rotatable bonds is 10. The standard InChI is InChI=1S/C34H36N2O3/c1-2-39-32-19-18-30(24-31(32)26-38-25-27-12-6-3-7-13-27)34(37)36-22-20-35(21-23-36)33(28-14-8-4-9-15-28)29-16-10-5-11-17-29/h3-19,24,33H,2,20-23,25-26H2,1H3. The van der Waals surface area contributed by atoms with Gasteiger partial charge >= 0.3 is 0 Å². The van der Waals surface area contributed by atoms with Crippen molar-refractivity contribution in [3.8, 4) is 5.75 Å². The molecule has 1 heterocycles. The van der Waals surface area contributed by atoms with Crippen LogP contribution in [0.25, 0.3) is 0 Å². The third-order valence-corrected chi connectivity index (χ3v) is 7.17. The van der Waals surface area contributed by atoms with E-state index in [4.69, 9.17) is 9.47 Å². The van der Waals surface area contributed by atoms with Gasteiger partial charge in [-0.2, -0.15) is 0 Å². The number of ether oxygens (including phenoxy) is 2. The first kappa shape index (κ1) is 26.7. The summed E-state index contributed by atoms with van der Waals surface area (Å²) >= 11 is 0. The average molecular weight is 521 g/mol. The molecule has 1 fully saturated rings. The molecule has 4 aromatic carbocycles. The van der Waals surface area contributed by atoms with Gasteiger partial charge in [0.2, 0.25) is 0 Å². The highest BCUT2D eigenvalue weighted by Crippen LogP contribution is 2.30. The van der Waals surface area contributed by atoms with E-state index in [1.165, 1.54) is 11.1 Å². The molecule has 200 valence electrons. The smallest absolute Gasteiger partial charge is 0.253 e. The quantitative estimate of drug-likeness (QED) is 0.244. The Kier molecular flexibility index (Phi) is 9.05. The third-order valence-electron chi connectivity index (χ3n) is 7.17. The van der Waals surface area contributed by atoms with Crippen molar-refractivity contribution >= 4 is 5.91 Å². The molecule has 1 aliphatic rings. The van der Waals surface area contributed by atoms with E-state index in [1.54, 1.807) is 0 Å². The summed E-state index contributed by atoms with van der Waals surface area (Å²) in [6.45, 7) is 6.40. The number of hydrogen-bond donors (Lipinski definition) is 0. The van der Waals surface area contributed by atoms with Crippen molar-refractivity contribution in [3.05, 3.63) is 137 Å². The fraction of sp³-hybridized carbons (Fsp3) is 0.265. The summed E-state index contributed by atoms with van der Waals surface area (Å²) in [6, 6.07) is 37.2. The minimum atomic E-state index is 0.0537. The number of carbonyl (C=O) groups excluding carboxylic acids is 1. The molecule has 1 saturated heterocycles. The number of nitrogens with zero attached hydrogens (tertiary/aromatic N) is 2. The topological polar surface area (TPSA) is 42.0 Å². The molecule has 4 aromatic rings. The molecule has 0 saturated carbocycles. The van der Waals surface area contributed by atoms with Gasteiger partial charge < -0.3 is 14.4 Å². The van der Waals surface area contributed by atoms with Crippen LogP contribution in [0.15, 0.2) is 109 Å². The minimum absolute atomic E-state index is 0.0537. The van der Waals surface area contributed by atoms with Crippen LogP contribution < -0.4 is 4.74 Å². The van der Waals surface area contributed by atoms with E-state index in [0.29, 0.717) is 38.5 Å². The van der Waals surface area contributed by atoms with E-state index in [9.17, 15) is 4.79 Å². The van der Waals surface area contributed by atoms with Crippen molar-refractivity contribution in [2.45, 2.75) is 26.2 Å². The van der Waals surface area contributed by atoms with Gasteiger partial charge in [-0.05, 0) is 41.8 Å². The minimum Gasteiger partial charge on any atom is -0.494 e. The molecule has 5 nitrogen and oxygen atoms in total. The number of amides is 1. The summed E-state index contributed by atoms with van der Waals surface area (Å²) < 4.78 is 11.8. The molecule has 0 aliphatic carbocycles. The van der Waals surface area contributed by atoms with E-state index in [1.807, 2.05) is 60.4 Å². The van der Waals surface area contributed by atoms with Gasteiger partial charge in [-0.15, -0.1) is 0 Å². The molecule has 1 aliphatic heterocycles. The van der Waals surface area contributed by atoms with Crippen LogP contribution in [0, 0.1) is 0 Å². The van der Waals surface area contributed by atoms with Crippen molar-refractivity contribution in [3.63, 3.8) is 0 Å². The van der Waals surface area contributed by atoms with Gasteiger partial charge in [0.15, 0.2) is 0 Å². The zero-order valence-electron chi connectivity index (χ0n) is 22.5. The molecule has 0 unspecified atom stereocenters. The summed E-state index contributed by atoms with van der Waals surface area (Å²) in [7, 11) is 0. The van der Waals surface area contributed by atoms with Crippen molar-refractivity contribution < 1.29 is 14.3 Å². The van der Waals surface area contributed by atoms with Crippen LogP contribution in [0.4, 0.5) is 0 Å². The molecule has 0 radical (unpaired) electrons. The molecule has 1 amide bonds. The van der Waals surface area contributed by atoms with Crippen LogP contribution in [0.1, 0.15) is 45.6 Å². The van der Waals surface area contributed by atoms with Gasteiger partial charge in [0, 0.05) is 37.3 Å². The molecule has 5 rings (SSSR count). The fourth-order valence-electron chi connectivity index (χ4n) is 5.23. The first-order chi connectivity index (χ1) is 19.2. The highest BCUT2D eigenvalue weighted by Gasteiger charge is 2.28. The van der Waals surface area contributed by atoms with Gasteiger partial charge in [0.1, 0.15) is 5.75 Å². The summed E-state index contributed by atoms with van der Waals surface area (Å²) in [4.78, 5) is 18.0. The lowest BCUT2D eigenvalue weighted by Crippen LogP contribution is -2.49. The maximum atomic E-state index is 13.6. The maximum Gasteiger partial charge on any atom is 0.253 e.